The summed E-state index contributed by atoms with van der Waals surface area (Å²) in [7, 11) is 1.53. The van der Waals surface area contributed by atoms with Crippen LogP contribution in [0.5, 0.6) is 0 Å². The van der Waals surface area contributed by atoms with Crippen LogP contribution in [0.4, 0.5) is 0 Å². The molecule has 0 saturated carbocycles. The van der Waals surface area contributed by atoms with Gasteiger partial charge in [-0.1, -0.05) is 18.2 Å². The molecule has 0 aromatic carbocycles. The van der Waals surface area contributed by atoms with Gasteiger partial charge >= 0.3 is 0 Å². The van der Waals surface area contributed by atoms with Crippen LogP contribution in [0.1, 0.15) is 22.2 Å². The van der Waals surface area contributed by atoms with Gasteiger partial charge in [0, 0.05) is 18.8 Å². The summed E-state index contributed by atoms with van der Waals surface area (Å²) in [5.41, 5.74) is 2.22. The van der Waals surface area contributed by atoms with Gasteiger partial charge in [-0.05, 0) is 35.9 Å². The number of halogens is 1. The Bertz CT molecular complexity index is 936. The minimum atomic E-state index is -0.443. The van der Waals surface area contributed by atoms with Gasteiger partial charge in [-0.3, -0.25) is 14.6 Å². The van der Waals surface area contributed by atoms with Gasteiger partial charge in [0.1, 0.15) is 17.0 Å². The first kappa shape index (κ1) is 20.9. The van der Waals surface area contributed by atoms with Crippen LogP contribution < -0.4 is 5.32 Å². The van der Waals surface area contributed by atoms with E-state index in [-0.39, 0.29) is 42.4 Å². The Kier molecular flexibility index (Phi) is 6.58. The van der Waals surface area contributed by atoms with E-state index in [0.29, 0.717) is 11.3 Å². The first-order valence-electron chi connectivity index (χ1n) is 8.98. The molecule has 1 aliphatic heterocycles. The SMILES string of the molecule is C=CC(=O)N1C[C@H](c2cc(Cl)nc(-c3ccnc(C(=O)NC)c3)c2)OC[C@H]1CO. The van der Waals surface area contributed by atoms with E-state index >= 15 is 0 Å². The molecular weight excluding hydrogens is 396 g/mol. The molecule has 0 radical (unpaired) electrons. The van der Waals surface area contributed by atoms with Crippen molar-refractivity contribution in [2.24, 2.45) is 0 Å². The van der Waals surface area contributed by atoms with E-state index in [0.717, 1.165) is 5.56 Å². The normalized spacial score (nSPS) is 18.9. The molecule has 1 aliphatic rings. The molecule has 0 aliphatic carbocycles. The number of morpholine rings is 1. The second kappa shape index (κ2) is 9.13. The monoisotopic (exact) mass is 416 g/mol. The number of nitrogens with zero attached hydrogens (tertiary/aromatic N) is 3. The van der Waals surface area contributed by atoms with E-state index in [1.54, 1.807) is 24.3 Å². The molecule has 29 heavy (non-hydrogen) atoms. The fraction of sp³-hybridized carbons (Fsp3) is 0.300. The Morgan fingerprint density at radius 2 is 2.24 bits per heavy atom. The van der Waals surface area contributed by atoms with E-state index in [1.165, 1.54) is 24.2 Å². The van der Waals surface area contributed by atoms with E-state index in [9.17, 15) is 14.7 Å². The molecule has 2 N–H and O–H groups in total. The molecule has 0 bridgehead atoms. The Hall–Kier alpha value is -2.81. The zero-order valence-corrected chi connectivity index (χ0v) is 16.6. The Morgan fingerprint density at radius 3 is 2.93 bits per heavy atom. The predicted molar refractivity (Wildman–Crippen MR) is 107 cm³/mol. The lowest BCUT2D eigenvalue weighted by atomic mass is 10.0. The average molecular weight is 417 g/mol. The third-order valence-corrected chi connectivity index (χ3v) is 4.86. The summed E-state index contributed by atoms with van der Waals surface area (Å²) in [5, 5.41) is 12.3. The summed E-state index contributed by atoms with van der Waals surface area (Å²) in [6, 6.07) is 6.40. The highest BCUT2D eigenvalue weighted by Gasteiger charge is 2.32. The third-order valence-electron chi connectivity index (χ3n) is 4.67. The van der Waals surface area contributed by atoms with Gasteiger partial charge in [0.2, 0.25) is 5.91 Å². The molecule has 9 heteroatoms. The minimum absolute atomic E-state index is 0.187. The number of ether oxygens (including phenoxy) is 1. The number of pyridine rings is 2. The van der Waals surface area contributed by atoms with Crippen LogP contribution >= 0.6 is 11.6 Å². The zero-order chi connectivity index (χ0) is 21.0. The summed E-state index contributed by atoms with van der Waals surface area (Å²) in [4.78, 5) is 33.9. The molecule has 8 nitrogen and oxygen atoms in total. The summed E-state index contributed by atoms with van der Waals surface area (Å²) in [6.45, 7) is 3.75. The first-order chi connectivity index (χ1) is 14.0. The highest BCUT2D eigenvalue weighted by atomic mass is 35.5. The van der Waals surface area contributed by atoms with Gasteiger partial charge < -0.3 is 20.1 Å². The van der Waals surface area contributed by atoms with Crippen LogP contribution in [0, 0.1) is 0 Å². The number of amides is 2. The molecule has 0 spiro atoms. The summed E-state index contributed by atoms with van der Waals surface area (Å²) >= 11 is 6.23. The zero-order valence-electron chi connectivity index (χ0n) is 15.8. The number of aliphatic hydroxyl groups excluding tert-OH is 1. The highest BCUT2D eigenvalue weighted by molar-refractivity contribution is 6.29. The van der Waals surface area contributed by atoms with Gasteiger partial charge in [0.15, 0.2) is 0 Å². The fourth-order valence-electron chi connectivity index (χ4n) is 3.13. The third kappa shape index (κ3) is 4.61. The molecular formula is C20H21ClN4O4. The van der Waals surface area contributed by atoms with Gasteiger partial charge in [-0.2, -0.15) is 0 Å². The number of hydrogen-bond acceptors (Lipinski definition) is 6. The van der Waals surface area contributed by atoms with Crippen molar-refractivity contribution in [1.29, 1.82) is 0 Å². The molecule has 3 rings (SSSR count). The van der Waals surface area contributed by atoms with Crippen LogP contribution in [0.15, 0.2) is 43.1 Å². The number of hydrogen-bond donors (Lipinski definition) is 2. The predicted octanol–water partition coefficient (Wildman–Crippen LogP) is 1.60. The Labute approximate surface area is 173 Å². The van der Waals surface area contributed by atoms with E-state index in [2.05, 4.69) is 21.9 Å². The van der Waals surface area contributed by atoms with Crippen LogP contribution in [-0.4, -0.2) is 64.6 Å². The smallest absolute Gasteiger partial charge is 0.269 e. The maximum absolute atomic E-state index is 12.2. The van der Waals surface area contributed by atoms with Crippen molar-refractivity contribution >= 4 is 23.4 Å². The number of rotatable bonds is 5. The van der Waals surface area contributed by atoms with Crippen LogP contribution in [0.2, 0.25) is 5.15 Å². The maximum Gasteiger partial charge on any atom is 0.269 e. The molecule has 2 aromatic heterocycles. The first-order valence-corrected chi connectivity index (χ1v) is 9.36. The van der Waals surface area contributed by atoms with E-state index in [4.69, 9.17) is 16.3 Å². The molecule has 152 valence electrons. The lowest BCUT2D eigenvalue weighted by Crippen LogP contribution is -2.50. The van der Waals surface area contributed by atoms with Crippen molar-refractivity contribution in [1.82, 2.24) is 20.2 Å². The molecule has 2 atom stereocenters. The second-order valence-electron chi connectivity index (χ2n) is 6.47. The number of carbonyl (C=O) groups is 2. The number of nitrogens with one attached hydrogen (secondary N) is 1. The average Bonchev–Trinajstić information content (AvgIpc) is 2.77. The van der Waals surface area contributed by atoms with Gasteiger partial charge in [-0.15, -0.1) is 0 Å². The van der Waals surface area contributed by atoms with E-state index < -0.39 is 12.1 Å². The number of aliphatic hydroxyl groups is 1. The van der Waals surface area contributed by atoms with Gasteiger partial charge in [0.25, 0.3) is 5.91 Å². The fourth-order valence-corrected chi connectivity index (χ4v) is 3.35. The number of aromatic nitrogens is 2. The molecule has 0 unspecified atom stereocenters. The van der Waals surface area contributed by atoms with Gasteiger partial charge in [0.05, 0.1) is 31.5 Å². The largest absolute Gasteiger partial charge is 0.394 e. The summed E-state index contributed by atoms with van der Waals surface area (Å²) < 4.78 is 5.87. The summed E-state index contributed by atoms with van der Waals surface area (Å²) in [6.07, 6.45) is 2.30. The second-order valence-corrected chi connectivity index (χ2v) is 6.86. The van der Waals surface area contributed by atoms with Crippen molar-refractivity contribution in [2.45, 2.75) is 12.1 Å². The quantitative estimate of drug-likeness (QED) is 0.566. The van der Waals surface area contributed by atoms with Crippen LogP contribution in [-0.2, 0) is 9.53 Å². The van der Waals surface area contributed by atoms with Crippen molar-refractivity contribution in [3.05, 3.63) is 59.5 Å². The maximum atomic E-state index is 12.2. The minimum Gasteiger partial charge on any atom is -0.394 e. The lowest BCUT2D eigenvalue weighted by molar-refractivity contribution is -0.142. The molecule has 1 fully saturated rings. The van der Waals surface area contributed by atoms with Crippen LogP contribution in [0.25, 0.3) is 11.3 Å². The Morgan fingerprint density at radius 1 is 1.45 bits per heavy atom. The summed E-state index contributed by atoms with van der Waals surface area (Å²) in [5.74, 6) is -0.583. The number of carbonyl (C=O) groups excluding carboxylic acids is 2. The molecule has 3 heterocycles. The van der Waals surface area contributed by atoms with Crippen molar-refractivity contribution in [2.75, 3.05) is 26.8 Å². The van der Waals surface area contributed by atoms with Crippen LogP contribution in [0.3, 0.4) is 0 Å². The standard InChI is InChI=1S/C20H21ClN4O4/c1-3-19(27)25-9-17(29-11-14(25)10-26)13-7-15(24-18(21)8-13)12-4-5-23-16(6-12)20(28)22-2/h3-8,14,17,26H,1,9-11H2,2H3,(H,22,28)/t14-,17-/m1/s1. The molecule has 2 aromatic rings. The van der Waals surface area contributed by atoms with Gasteiger partial charge in [-0.25, -0.2) is 4.98 Å². The van der Waals surface area contributed by atoms with E-state index in [1.807, 2.05) is 0 Å². The Balaban J connectivity index is 1.92. The van der Waals surface area contributed by atoms with Crippen molar-refractivity contribution in [3.63, 3.8) is 0 Å². The highest BCUT2D eigenvalue weighted by Crippen LogP contribution is 2.30. The molecule has 1 saturated heterocycles. The topological polar surface area (TPSA) is 105 Å². The lowest BCUT2D eigenvalue weighted by Gasteiger charge is -2.38. The van der Waals surface area contributed by atoms with Crippen molar-refractivity contribution < 1.29 is 19.4 Å². The molecule has 2 amide bonds. The van der Waals surface area contributed by atoms with Crippen molar-refractivity contribution in [3.8, 4) is 11.3 Å².